The van der Waals surface area contributed by atoms with Crippen molar-refractivity contribution < 1.29 is 9.90 Å². The van der Waals surface area contributed by atoms with Crippen LogP contribution in [0.2, 0.25) is 0 Å². The highest BCUT2D eigenvalue weighted by atomic mass is 32.1. The molecule has 1 saturated heterocycles. The van der Waals surface area contributed by atoms with Gasteiger partial charge < -0.3 is 10.0 Å². The maximum atomic E-state index is 12.0. The zero-order valence-electron chi connectivity index (χ0n) is 9.89. The fraction of sp³-hybridized carbons (Fsp3) is 0.462. The van der Waals surface area contributed by atoms with Crippen LogP contribution in [-0.4, -0.2) is 23.3 Å². The Kier molecular flexibility index (Phi) is 3.74. The van der Waals surface area contributed by atoms with E-state index in [1.807, 2.05) is 25.1 Å². The Morgan fingerprint density at radius 2 is 2.29 bits per heavy atom. The van der Waals surface area contributed by atoms with E-state index in [0.29, 0.717) is 18.9 Å². The average Bonchev–Trinajstić information content (AvgIpc) is 2.70. The van der Waals surface area contributed by atoms with E-state index in [1.165, 1.54) is 0 Å². The van der Waals surface area contributed by atoms with E-state index >= 15 is 0 Å². The monoisotopic (exact) mass is 251 g/mol. The number of para-hydroxylation sites is 1. The molecule has 1 atom stereocenters. The van der Waals surface area contributed by atoms with Gasteiger partial charge in [-0.3, -0.25) is 4.79 Å². The third-order valence-corrected chi connectivity index (χ3v) is 3.74. The van der Waals surface area contributed by atoms with Crippen molar-refractivity contribution in [1.29, 1.82) is 0 Å². The van der Waals surface area contributed by atoms with Crippen LogP contribution in [-0.2, 0) is 11.4 Å². The molecule has 1 aliphatic rings. The van der Waals surface area contributed by atoms with Crippen molar-refractivity contribution in [2.45, 2.75) is 20.0 Å². The maximum Gasteiger partial charge on any atom is 0.227 e. The Bertz CT molecular complexity index is 433. The van der Waals surface area contributed by atoms with Gasteiger partial charge in [0.05, 0.1) is 12.3 Å². The van der Waals surface area contributed by atoms with Crippen LogP contribution in [0.1, 0.15) is 17.5 Å². The molecular formula is C13H17NO2S. The van der Waals surface area contributed by atoms with Gasteiger partial charge in [0.2, 0.25) is 5.91 Å². The van der Waals surface area contributed by atoms with Crippen molar-refractivity contribution in [3.63, 3.8) is 0 Å². The van der Waals surface area contributed by atoms with Gasteiger partial charge in [-0.25, -0.2) is 0 Å². The number of hydrogen-bond donors (Lipinski definition) is 2. The van der Waals surface area contributed by atoms with E-state index in [0.717, 1.165) is 22.6 Å². The molecule has 1 heterocycles. The zero-order chi connectivity index (χ0) is 12.4. The lowest BCUT2D eigenvalue weighted by Gasteiger charge is -2.22. The molecule has 1 amide bonds. The SMILES string of the molecule is Cc1cccc(CO)c1N1CC(CS)CC1=O. The average molecular weight is 251 g/mol. The fourth-order valence-electron chi connectivity index (χ4n) is 2.35. The number of amides is 1. The molecule has 1 N–H and O–H groups in total. The van der Waals surface area contributed by atoms with Crippen LogP contribution in [0, 0.1) is 12.8 Å². The first-order valence-electron chi connectivity index (χ1n) is 5.78. The van der Waals surface area contributed by atoms with E-state index in [4.69, 9.17) is 0 Å². The van der Waals surface area contributed by atoms with Crippen molar-refractivity contribution in [2.75, 3.05) is 17.2 Å². The molecule has 1 aliphatic heterocycles. The first-order chi connectivity index (χ1) is 8.17. The molecule has 1 aromatic rings. The second-order valence-corrected chi connectivity index (χ2v) is 4.86. The van der Waals surface area contributed by atoms with Gasteiger partial charge in [-0.1, -0.05) is 18.2 Å². The minimum absolute atomic E-state index is 0.0354. The molecule has 0 spiro atoms. The predicted octanol–water partition coefficient (Wildman–Crippen LogP) is 1.77. The lowest BCUT2D eigenvalue weighted by Crippen LogP contribution is -2.26. The van der Waals surface area contributed by atoms with Gasteiger partial charge in [0.1, 0.15) is 0 Å². The number of aryl methyl sites for hydroxylation is 1. The quantitative estimate of drug-likeness (QED) is 0.804. The number of aliphatic hydroxyl groups is 1. The lowest BCUT2D eigenvalue weighted by molar-refractivity contribution is -0.117. The van der Waals surface area contributed by atoms with Gasteiger partial charge in [0.15, 0.2) is 0 Å². The molecule has 17 heavy (non-hydrogen) atoms. The summed E-state index contributed by atoms with van der Waals surface area (Å²) >= 11 is 4.26. The maximum absolute atomic E-state index is 12.0. The number of aliphatic hydroxyl groups excluding tert-OH is 1. The molecule has 1 fully saturated rings. The number of hydrogen-bond acceptors (Lipinski definition) is 3. The van der Waals surface area contributed by atoms with Crippen LogP contribution >= 0.6 is 12.6 Å². The van der Waals surface area contributed by atoms with Crippen molar-refractivity contribution in [1.82, 2.24) is 0 Å². The van der Waals surface area contributed by atoms with Crippen LogP contribution in [0.3, 0.4) is 0 Å². The summed E-state index contributed by atoms with van der Waals surface area (Å²) in [6.45, 7) is 2.64. The highest BCUT2D eigenvalue weighted by Gasteiger charge is 2.31. The van der Waals surface area contributed by atoms with Gasteiger partial charge in [-0.05, 0) is 24.2 Å². The van der Waals surface area contributed by atoms with E-state index < -0.39 is 0 Å². The standard InChI is InChI=1S/C13H17NO2S/c1-9-3-2-4-11(7-15)13(9)14-6-10(8-17)5-12(14)16/h2-4,10,15,17H,5-8H2,1H3. The molecule has 1 aromatic carbocycles. The molecule has 1 unspecified atom stereocenters. The van der Waals surface area contributed by atoms with Crippen LogP contribution in [0.4, 0.5) is 5.69 Å². The number of nitrogens with zero attached hydrogens (tertiary/aromatic N) is 1. The van der Waals surface area contributed by atoms with Gasteiger partial charge in [-0.15, -0.1) is 0 Å². The minimum atomic E-state index is -0.0354. The summed E-state index contributed by atoms with van der Waals surface area (Å²) in [6, 6.07) is 5.74. The summed E-state index contributed by atoms with van der Waals surface area (Å²) in [7, 11) is 0. The van der Waals surface area contributed by atoms with Gasteiger partial charge in [-0.2, -0.15) is 12.6 Å². The number of rotatable bonds is 3. The number of thiol groups is 1. The Hall–Kier alpha value is -1.00. The van der Waals surface area contributed by atoms with Crippen LogP contribution in [0.5, 0.6) is 0 Å². The minimum Gasteiger partial charge on any atom is -0.392 e. The molecule has 4 heteroatoms. The lowest BCUT2D eigenvalue weighted by atomic mass is 10.1. The van der Waals surface area contributed by atoms with E-state index in [2.05, 4.69) is 12.6 Å². The molecule has 0 bridgehead atoms. The second kappa shape index (κ2) is 5.10. The largest absolute Gasteiger partial charge is 0.392 e. The number of benzene rings is 1. The third kappa shape index (κ3) is 2.33. The number of carbonyl (C=O) groups excluding carboxylic acids is 1. The summed E-state index contributed by atoms with van der Waals surface area (Å²) < 4.78 is 0. The molecule has 2 rings (SSSR count). The van der Waals surface area contributed by atoms with E-state index in [-0.39, 0.29) is 12.5 Å². The van der Waals surface area contributed by atoms with E-state index in [1.54, 1.807) is 4.90 Å². The first-order valence-corrected chi connectivity index (χ1v) is 6.41. The summed E-state index contributed by atoms with van der Waals surface area (Å²) in [5, 5.41) is 9.36. The van der Waals surface area contributed by atoms with Crippen molar-refractivity contribution >= 4 is 24.2 Å². The molecule has 92 valence electrons. The fourth-order valence-corrected chi connectivity index (χ4v) is 2.60. The van der Waals surface area contributed by atoms with Gasteiger partial charge in [0.25, 0.3) is 0 Å². The van der Waals surface area contributed by atoms with E-state index in [9.17, 15) is 9.90 Å². The van der Waals surface area contributed by atoms with Crippen LogP contribution in [0.25, 0.3) is 0 Å². The summed E-state index contributed by atoms with van der Waals surface area (Å²) in [6.07, 6.45) is 0.558. The summed E-state index contributed by atoms with van der Waals surface area (Å²) in [5.74, 6) is 1.17. The topological polar surface area (TPSA) is 40.5 Å². The smallest absolute Gasteiger partial charge is 0.227 e. The number of anilines is 1. The molecule has 3 nitrogen and oxygen atoms in total. The molecule has 0 saturated carbocycles. The zero-order valence-corrected chi connectivity index (χ0v) is 10.8. The summed E-state index contributed by atoms with van der Waals surface area (Å²) in [4.78, 5) is 13.8. The molecule has 0 aromatic heterocycles. The van der Waals surface area contributed by atoms with Crippen LogP contribution < -0.4 is 4.90 Å². The second-order valence-electron chi connectivity index (χ2n) is 4.50. The summed E-state index contributed by atoms with van der Waals surface area (Å²) in [5.41, 5.74) is 2.73. The highest BCUT2D eigenvalue weighted by Crippen LogP contribution is 2.31. The van der Waals surface area contributed by atoms with Crippen molar-refractivity contribution in [2.24, 2.45) is 5.92 Å². The van der Waals surface area contributed by atoms with Gasteiger partial charge in [0, 0.05) is 18.5 Å². The van der Waals surface area contributed by atoms with Crippen molar-refractivity contribution in [3.8, 4) is 0 Å². The third-order valence-electron chi connectivity index (χ3n) is 3.22. The van der Waals surface area contributed by atoms with Gasteiger partial charge >= 0.3 is 0 Å². The Labute approximate surface area is 107 Å². The highest BCUT2D eigenvalue weighted by molar-refractivity contribution is 7.80. The van der Waals surface area contributed by atoms with Crippen molar-refractivity contribution in [3.05, 3.63) is 29.3 Å². The molecule has 0 radical (unpaired) electrons. The molecule has 0 aliphatic carbocycles. The molecular weight excluding hydrogens is 234 g/mol. The predicted molar refractivity (Wildman–Crippen MR) is 71.4 cm³/mol. The number of carbonyl (C=O) groups is 1. The normalized spacial score (nSPS) is 20.1. The Morgan fingerprint density at radius 1 is 1.53 bits per heavy atom. The Balaban J connectivity index is 2.37. The Morgan fingerprint density at radius 3 is 2.88 bits per heavy atom. The van der Waals surface area contributed by atoms with Crippen LogP contribution in [0.15, 0.2) is 18.2 Å². The first kappa shape index (κ1) is 12.5.